The first-order chi connectivity index (χ1) is 6.36. The van der Waals surface area contributed by atoms with Crippen molar-refractivity contribution in [3.63, 3.8) is 0 Å². The van der Waals surface area contributed by atoms with Crippen LogP contribution in [0.3, 0.4) is 0 Å². The first kappa shape index (κ1) is 11.0. The number of nitrogens with zero attached hydrogens (tertiary/aromatic N) is 1. The summed E-state index contributed by atoms with van der Waals surface area (Å²) in [6.45, 7) is 8.45. The molecule has 0 saturated heterocycles. The van der Waals surface area contributed by atoms with Crippen LogP contribution in [0, 0.1) is 0 Å². The zero-order valence-corrected chi connectivity index (χ0v) is 9.72. The van der Waals surface area contributed by atoms with Gasteiger partial charge in [-0.25, -0.2) is 0 Å². The fraction of sp³-hybridized carbons (Fsp3) is 0.583. The lowest BCUT2D eigenvalue weighted by Gasteiger charge is -2.20. The van der Waals surface area contributed by atoms with Crippen LogP contribution in [0.2, 0.25) is 0 Å². The fourth-order valence-electron chi connectivity index (χ4n) is 1.46. The van der Waals surface area contributed by atoms with Crippen molar-refractivity contribution in [1.82, 2.24) is 4.57 Å². The van der Waals surface area contributed by atoms with Crippen molar-refractivity contribution in [2.45, 2.75) is 39.5 Å². The Kier molecular flexibility index (Phi) is 2.84. The molecule has 0 aliphatic rings. The van der Waals surface area contributed by atoms with Crippen LogP contribution >= 0.6 is 0 Å². The summed E-state index contributed by atoms with van der Waals surface area (Å²) in [7, 11) is 1.83. The van der Waals surface area contributed by atoms with Crippen molar-refractivity contribution >= 4 is 0 Å². The highest BCUT2D eigenvalue weighted by Gasteiger charge is 2.15. The zero-order valence-electron chi connectivity index (χ0n) is 9.72. The third-order valence-corrected chi connectivity index (χ3v) is 2.59. The van der Waals surface area contributed by atoms with E-state index in [1.54, 1.807) is 10.6 Å². The van der Waals surface area contributed by atoms with Crippen molar-refractivity contribution in [2.75, 3.05) is 0 Å². The molecule has 0 unspecified atom stereocenters. The number of aromatic nitrogens is 1. The van der Waals surface area contributed by atoms with Crippen LogP contribution in [0.5, 0.6) is 0 Å². The van der Waals surface area contributed by atoms with Crippen LogP contribution in [-0.4, -0.2) is 4.57 Å². The molecule has 0 atom stereocenters. The van der Waals surface area contributed by atoms with E-state index in [1.807, 2.05) is 7.05 Å². The van der Waals surface area contributed by atoms with Gasteiger partial charge in [0.15, 0.2) is 0 Å². The summed E-state index contributed by atoms with van der Waals surface area (Å²) in [5.41, 5.74) is 2.37. The Morgan fingerprint density at radius 2 is 1.86 bits per heavy atom. The summed E-state index contributed by atoms with van der Waals surface area (Å²) < 4.78 is 1.72. The van der Waals surface area contributed by atoms with E-state index in [0.717, 1.165) is 17.7 Å². The van der Waals surface area contributed by atoms with Gasteiger partial charge < -0.3 is 4.57 Å². The van der Waals surface area contributed by atoms with E-state index >= 15 is 0 Å². The Balaban J connectivity index is 3.38. The van der Waals surface area contributed by atoms with Crippen LogP contribution in [0.25, 0.3) is 0 Å². The number of pyridine rings is 1. The van der Waals surface area contributed by atoms with E-state index in [2.05, 4.69) is 33.8 Å². The Bertz CT molecular complexity index is 382. The molecule has 0 N–H and O–H groups in total. The quantitative estimate of drug-likeness (QED) is 0.670. The van der Waals surface area contributed by atoms with Gasteiger partial charge in [-0.05, 0) is 23.5 Å². The molecule has 2 nitrogen and oxygen atoms in total. The third-order valence-electron chi connectivity index (χ3n) is 2.59. The molecule has 1 heterocycles. The van der Waals surface area contributed by atoms with Gasteiger partial charge in [-0.2, -0.15) is 0 Å². The minimum atomic E-state index is 0.0529. The molecular formula is C12H19NO. The van der Waals surface area contributed by atoms with Crippen molar-refractivity contribution in [2.24, 2.45) is 7.05 Å². The van der Waals surface area contributed by atoms with Crippen LogP contribution in [0.4, 0.5) is 0 Å². The van der Waals surface area contributed by atoms with Crippen molar-refractivity contribution in [1.29, 1.82) is 0 Å². The lowest BCUT2D eigenvalue weighted by Crippen LogP contribution is -2.24. The van der Waals surface area contributed by atoms with Gasteiger partial charge in [-0.1, -0.05) is 27.7 Å². The monoisotopic (exact) mass is 193 g/mol. The minimum Gasteiger partial charge on any atom is -0.316 e. The first-order valence-corrected chi connectivity index (χ1v) is 5.06. The van der Waals surface area contributed by atoms with Crippen LogP contribution in [-0.2, 0) is 18.9 Å². The van der Waals surface area contributed by atoms with Gasteiger partial charge in [-0.3, -0.25) is 4.79 Å². The van der Waals surface area contributed by atoms with Crippen molar-refractivity contribution < 1.29 is 0 Å². The molecule has 0 amide bonds. The van der Waals surface area contributed by atoms with E-state index in [4.69, 9.17) is 0 Å². The van der Waals surface area contributed by atoms with Gasteiger partial charge in [0.25, 0.3) is 5.56 Å². The smallest absolute Gasteiger partial charge is 0.250 e. The minimum absolute atomic E-state index is 0.0529. The van der Waals surface area contributed by atoms with Gasteiger partial charge in [-0.15, -0.1) is 0 Å². The second-order valence-electron chi connectivity index (χ2n) is 4.74. The molecule has 0 bridgehead atoms. The summed E-state index contributed by atoms with van der Waals surface area (Å²) in [6.07, 6.45) is 0.898. The van der Waals surface area contributed by atoms with E-state index in [9.17, 15) is 4.79 Å². The van der Waals surface area contributed by atoms with E-state index in [1.165, 1.54) is 0 Å². The van der Waals surface area contributed by atoms with E-state index < -0.39 is 0 Å². The van der Waals surface area contributed by atoms with E-state index in [-0.39, 0.29) is 11.0 Å². The highest BCUT2D eigenvalue weighted by atomic mass is 16.1. The molecule has 0 aliphatic carbocycles. The lowest BCUT2D eigenvalue weighted by molar-refractivity contribution is 0.582. The Hall–Kier alpha value is -1.05. The van der Waals surface area contributed by atoms with Crippen molar-refractivity contribution in [3.05, 3.63) is 33.7 Å². The maximum absolute atomic E-state index is 11.6. The third kappa shape index (κ3) is 2.06. The molecule has 1 aromatic rings. The second-order valence-corrected chi connectivity index (χ2v) is 4.74. The summed E-state index contributed by atoms with van der Waals surface area (Å²) in [6, 6.07) is 3.86. The maximum atomic E-state index is 11.6. The lowest BCUT2D eigenvalue weighted by atomic mass is 9.87. The van der Waals surface area contributed by atoms with Gasteiger partial charge in [0.05, 0.1) is 0 Å². The van der Waals surface area contributed by atoms with Crippen LogP contribution in [0.1, 0.15) is 39.0 Å². The Morgan fingerprint density at radius 1 is 1.29 bits per heavy atom. The Morgan fingerprint density at radius 3 is 2.29 bits per heavy atom. The average Bonchev–Trinajstić information content (AvgIpc) is 2.07. The SMILES string of the molecule is CCc1cc(C(C)(C)C)cc(=O)n1C. The standard InChI is InChI=1S/C12H19NO/c1-6-10-7-9(12(2,3)4)8-11(14)13(10)5/h7-8H,6H2,1-5H3. The summed E-state index contributed by atoms with van der Waals surface area (Å²) >= 11 is 0. The van der Waals surface area contributed by atoms with E-state index in [0.29, 0.717) is 0 Å². The van der Waals surface area contributed by atoms with Gasteiger partial charge in [0.2, 0.25) is 0 Å². The zero-order chi connectivity index (χ0) is 10.9. The second kappa shape index (κ2) is 3.60. The number of hydrogen-bond donors (Lipinski definition) is 0. The molecule has 1 aromatic heterocycles. The summed E-state index contributed by atoms with van der Waals surface area (Å²) in [5.74, 6) is 0. The van der Waals surface area contributed by atoms with Crippen molar-refractivity contribution in [3.8, 4) is 0 Å². The molecule has 0 saturated carbocycles. The first-order valence-electron chi connectivity index (χ1n) is 5.06. The number of rotatable bonds is 1. The molecule has 14 heavy (non-hydrogen) atoms. The highest BCUT2D eigenvalue weighted by Crippen LogP contribution is 2.21. The molecule has 0 aliphatic heterocycles. The normalized spacial score (nSPS) is 11.8. The fourth-order valence-corrected chi connectivity index (χ4v) is 1.46. The van der Waals surface area contributed by atoms with Gasteiger partial charge in [0.1, 0.15) is 0 Å². The topological polar surface area (TPSA) is 22.0 Å². The number of aryl methyl sites for hydroxylation is 1. The maximum Gasteiger partial charge on any atom is 0.250 e. The molecule has 0 radical (unpaired) electrons. The van der Waals surface area contributed by atoms with Crippen LogP contribution in [0.15, 0.2) is 16.9 Å². The summed E-state index contributed by atoms with van der Waals surface area (Å²) in [4.78, 5) is 11.6. The highest BCUT2D eigenvalue weighted by molar-refractivity contribution is 5.24. The molecule has 0 fully saturated rings. The summed E-state index contributed by atoms with van der Waals surface area (Å²) in [5, 5.41) is 0. The predicted molar refractivity (Wildman–Crippen MR) is 59.8 cm³/mol. The van der Waals surface area contributed by atoms with Gasteiger partial charge >= 0.3 is 0 Å². The van der Waals surface area contributed by atoms with Gasteiger partial charge in [0, 0.05) is 18.8 Å². The largest absolute Gasteiger partial charge is 0.316 e. The molecule has 78 valence electrons. The predicted octanol–water partition coefficient (Wildman–Crippen LogP) is 2.25. The number of hydrogen-bond acceptors (Lipinski definition) is 1. The average molecular weight is 193 g/mol. The molecular weight excluding hydrogens is 174 g/mol. The Labute approximate surface area is 85.6 Å². The molecule has 2 heteroatoms. The molecule has 0 aromatic carbocycles. The molecule has 0 spiro atoms. The molecule has 1 rings (SSSR count). The van der Waals surface area contributed by atoms with Crippen LogP contribution < -0.4 is 5.56 Å².